The summed E-state index contributed by atoms with van der Waals surface area (Å²) in [5, 5.41) is 2.66. The lowest BCUT2D eigenvalue weighted by Gasteiger charge is -2.12. The van der Waals surface area contributed by atoms with E-state index in [1.54, 1.807) is 12.1 Å². The molecular formula is C17H16F3NO2. The number of methoxy groups -OCH3 is 1. The van der Waals surface area contributed by atoms with Crippen molar-refractivity contribution in [1.29, 1.82) is 0 Å². The molecule has 6 heteroatoms. The van der Waals surface area contributed by atoms with Crippen molar-refractivity contribution in [3.63, 3.8) is 0 Å². The van der Waals surface area contributed by atoms with Crippen LogP contribution in [0.1, 0.15) is 16.7 Å². The van der Waals surface area contributed by atoms with E-state index in [0.717, 1.165) is 17.7 Å². The zero-order valence-corrected chi connectivity index (χ0v) is 12.7. The lowest BCUT2D eigenvalue weighted by molar-refractivity contribution is -0.137. The van der Waals surface area contributed by atoms with Gasteiger partial charge in [-0.25, -0.2) is 0 Å². The lowest BCUT2D eigenvalue weighted by atomic mass is 10.1. The first kappa shape index (κ1) is 16.9. The van der Waals surface area contributed by atoms with Gasteiger partial charge in [-0.2, -0.15) is 13.2 Å². The summed E-state index contributed by atoms with van der Waals surface area (Å²) in [5.41, 5.74) is 0.949. The average molecular weight is 323 g/mol. The number of halogens is 3. The lowest BCUT2D eigenvalue weighted by Crippen LogP contribution is -2.15. The van der Waals surface area contributed by atoms with Crippen molar-refractivity contribution in [1.82, 2.24) is 0 Å². The maximum Gasteiger partial charge on any atom is 0.416 e. The molecule has 1 amide bonds. The Morgan fingerprint density at radius 1 is 1.17 bits per heavy atom. The van der Waals surface area contributed by atoms with Crippen LogP contribution in [0.2, 0.25) is 0 Å². The number of anilines is 1. The summed E-state index contributed by atoms with van der Waals surface area (Å²) in [7, 11) is 1.48. The van der Waals surface area contributed by atoms with E-state index in [9.17, 15) is 18.0 Å². The molecule has 2 aromatic rings. The molecule has 23 heavy (non-hydrogen) atoms. The molecular weight excluding hydrogens is 307 g/mol. The van der Waals surface area contributed by atoms with Gasteiger partial charge in [-0.3, -0.25) is 4.79 Å². The fourth-order valence-corrected chi connectivity index (χ4v) is 2.16. The largest absolute Gasteiger partial charge is 0.495 e. The van der Waals surface area contributed by atoms with Gasteiger partial charge in [-0.1, -0.05) is 24.3 Å². The molecule has 0 aromatic heterocycles. The number of nitrogens with one attached hydrogen (secondary N) is 1. The van der Waals surface area contributed by atoms with Gasteiger partial charge in [0, 0.05) is 0 Å². The van der Waals surface area contributed by atoms with Crippen molar-refractivity contribution in [2.75, 3.05) is 12.4 Å². The summed E-state index contributed by atoms with van der Waals surface area (Å²) in [6.07, 6.45) is -4.58. The van der Waals surface area contributed by atoms with Crippen LogP contribution >= 0.6 is 0 Å². The Balaban J connectivity index is 2.13. The molecule has 1 N–H and O–H groups in total. The predicted octanol–water partition coefficient (Wildman–Crippen LogP) is 4.20. The minimum absolute atomic E-state index is 0.152. The SMILES string of the molecule is COc1ccc(C)cc1NC(=O)Cc1cccc(C(F)(F)F)c1. The van der Waals surface area contributed by atoms with Gasteiger partial charge in [-0.05, 0) is 36.2 Å². The third kappa shape index (κ3) is 4.48. The predicted molar refractivity (Wildman–Crippen MR) is 81.5 cm³/mol. The fourth-order valence-electron chi connectivity index (χ4n) is 2.16. The van der Waals surface area contributed by atoms with Gasteiger partial charge in [0.15, 0.2) is 0 Å². The number of aryl methyl sites for hydroxylation is 1. The van der Waals surface area contributed by atoms with Gasteiger partial charge in [-0.15, -0.1) is 0 Å². The molecule has 0 atom stereocenters. The molecule has 3 nitrogen and oxygen atoms in total. The number of rotatable bonds is 4. The van der Waals surface area contributed by atoms with E-state index in [1.165, 1.54) is 19.2 Å². The van der Waals surface area contributed by atoms with Gasteiger partial charge in [0.2, 0.25) is 5.91 Å². The summed E-state index contributed by atoms with van der Waals surface area (Å²) in [6, 6.07) is 10.0. The molecule has 0 unspecified atom stereocenters. The maximum absolute atomic E-state index is 12.7. The first-order valence-electron chi connectivity index (χ1n) is 6.90. The summed E-state index contributed by atoms with van der Waals surface area (Å²) in [5.74, 6) is 0.0845. The van der Waals surface area contributed by atoms with Crippen LogP contribution in [0.5, 0.6) is 5.75 Å². The minimum atomic E-state index is -4.42. The van der Waals surface area contributed by atoms with Crippen molar-refractivity contribution in [2.45, 2.75) is 19.5 Å². The highest BCUT2D eigenvalue weighted by atomic mass is 19.4. The summed E-state index contributed by atoms with van der Waals surface area (Å²) < 4.78 is 43.2. The number of carbonyl (C=O) groups is 1. The van der Waals surface area contributed by atoms with E-state index >= 15 is 0 Å². The first-order valence-corrected chi connectivity index (χ1v) is 6.90. The molecule has 0 aliphatic heterocycles. The number of carbonyl (C=O) groups excluding carboxylic acids is 1. The molecule has 0 saturated carbocycles. The monoisotopic (exact) mass is 323 g/mol. The highest BCUT2D eigenvalue weighted by Gasteiger charge is 2.30. The topological polar surface area (TPSA) is 38.3 Å². The van der Waals surface area contributed by atoms with Crippen molar-refractivity contribution >= 4 is 11.6 Å². The zero-order valence-electron chi connectivity index (χ0n) is 12.7. The van der Waals surface area contributed by atoms with Crippen molar-refractivity contribution < 1.29 is 22.7 Å². The van der Waals surface area contributed by atoms with Crippen LogP contribution in [0.25, 0.3) is 0 Å². The van der Waals surface area contributed by atoms with E-state index in [0.29, 0.717) is 17.0 Å². The number of hydrogen-bond acceptors (Lipinski definition) is 2. The highest BCUT2D eigenvalue weighted by Crippen LogP contribution is 2.30. The molecule has 0 fully saturated rings. The van der Waals surface area contributed by atoms with Crippen LogP contribution < -0.4 is 10.1 Å². The van der Waals surface area contributed by atoms with E-state index in [-0.39, 0.29) is 6.42 Å². The fraction of sp³-hybridized carbons (Fsp3) is 0.235. The molecule has 0 heterocycles. The normalized spacial score (nSPS) is 11.2. The Labute approximate surface area is 132 Å². The van der Waals surface area contributed by atoms with Crippen LogP contribution in [-0.2, 0) is 17.4 Å². The van der Waals surface area contributed by atoms with Gasteiger partial charge < -0.3 is 10.1 Å². The maximum atomic E-state index is 12.7. The molecule has 0 aliphatic rings. The molecule has 2 aromatic carbocycles. The number of benzene rings is 2. The molecule has 122 valence electrons. The molecule has 0 aliphatic carbocycles. The molecule has 0 saturated heterocycles. The van der Waals surface area contributed by atoms with Crippen molar-refractivity contribution in [3.05, 3.63) is 59.2 Å². The second-order valence-corrected chi connectivity index (χ2v) is 5.13. The number of alkyl halides is 3. The van der Waals surface area contributed by atoms with Crippen LogP contribution in [0, 0.1) is 6.92 Å². The third-order valence-corrected chi connectivity index (χ3v) is 3.25. The van der Waals surface area contributed by atoms with E-state index in [1.807, 2.05) is 13.0 Å². The Morgan fingerprint density at radius 2 is 1.91 bits per heavy atom. The average Bonchev–Trinajstić information content (AvgIpc) is 2.46. The molecule has 0 radical (unpaired) electrons. The second-order valence-electron chi connectivity index (χ2n) is 5.13. The minimum Gasteiger partial charge on any atom is -0.495 e. The number of ether oxygens (including phenoxy) is 1. The Hall–Kier alpha value is -2.50. The van der Waals surface area contributed by atoms with E-state index in [2.05, 4.69) is 5.32 Å². The van der Waals surface area contributed by atoms with Crippen LogP contribution in [-0.4, -0.2) is 13.0 Å². The van der Waals surface area contributed by atoms with Crippen LogP contribution in [0.15, 0.2) is 42.5 Å². The quantitative estimate of drug-likeness (QED) is 0.915. The first-order chi connectivity index (χ1) is 10.8. The molecule has 0 bridgehead atoms. The van der Waals surface area contributed by atoms with Crippen molar-refractivity contribution in [2.24, 2.45) is 0 Å². The standard InChI is InChI=1S/C17H16F3NO2/c1-11-6-7-15(23-2)14(8-11)21-16(22)10-12-4-3-5-13(9-12)17(18,19)20/h3-9H,10H2,1-2H3,(H,21,22). The van der Waals surface area contributed by atoms with Crippen molar-refractivity contribution in [3.8, 4) is 5.75 Å². The van der Waals surface area contributed by atoms with Crippen LogP contribution in [0.4, 0.5) is 18.9 Å². The van der Waals surface area contributed by atoms with Crippen LogP contribution in [0.3, 0.4) is 0 Å². The van der Waals surface area contributed by atoms with E-state index in [4.69, 9.17) is 4.74 Å². The van der Waals surface area contributed by atoms with Gasteiger partial charge >= 0.3 is 6.18 Å². The number of hydrogen-bond donors (Lipinski definition) is 1. The molecule has 2 rings (SSSR count). The summed E-state index contributed by atoms with van der Waals surface area (Å²) in [6.45, 7) is 1.86. The summed E-state index contributed by atoms with van der Waals surface area (Å²) >= 11 is 0. The summed E-state index contributed by atoms with van der Waals surface area (Å²) in [4.78, 5) is 12.1. The Bertz CT molecular complexity index is 711. The zero-order chi connectivity index (χ0) is 17.0. The van der Waals surface area contributed by atoms with Gasteiger partial charge in [0.1, 0.15) is 5.75 Å². The highest BCUT2D eigenvalue weighted by molar-refractivity contribution is 5.93. The van der Waals surface area contributed by atoms with E-state index < -0.39 is 17.6 Å². The van der Waals surface area contributed by atoms with Gasteiger partial charge in [0.05, 0.1) is 24.8 Å². The number of amides is 1. The molecule has 0 spiro atoms. The third-order valence-electron chi connectivity index (χ3n) is 3.25. The van der Waals surface area contributed by atoms with Gasteiger partial charge in [0.25, 0.3) is 0 Å². The smallest absolute Gasteiger partial charge is 0.416 e. The Morgan fingerprint density at radius 3 is 2.57 bits per heavy atom. The second kappa shape index (κ2) is 6.73. The Kier molecular flexibility index (Phi) is 4.93.